The summed E-state index contributed by atoms with van der Waals surface area (Å²) in [6.45, 7) is 5.71. The van der Waals surface area contributed by atoms with Crippen LogP contribution in [0.5, 0.6) is 0 Å². The molecule has 0 spiro atoms. The molecule has 0 fully saturated rings. The molecular formula is C16H20ClNO3. The monoisotopic (exact) mass is 309 g/mol. The Morgan fingerprint density at radius 2 is 2.05 bits per heavy atom. The maximum absolute atomic E-state index is 11.8. The van der Waals surface area contributed by atoms with Crippen molar-refractivity contribution in [3.05, 3.63) is 40.4 Å². The minimum Gasteiger partial charge on any atom is -0.480 e. The van der Waals surface area contributed by atoms with Gasteiger partial charge in [-0.15, -0.1) is 0 Å². The minimum absolute atomic E-state index is 0.186. The van der Waals surface area contributed by atoms with Crippen LogP contribution in [-0.2, 0) is 9.59 Å². The molecule has 0 saturated carbocycles. The zero-order valence-corrected chi connectivity index (χ0v) is 13.1. The third-order valence-electron chi connectivity index (χ3n) is 2.94. The number of halogens is 1. The van der Waals surface area contributed by atoms with Crippen molar-refractivity contribution in [2.75, 3.05) is 0 Å². The Morgan fingerprint density at radius 1 is 1.38 bits per heavy atom. The average molecular weight is 310 g/mol. The lowest BCUT2D eigenvalue weighted by Crippen LogP contribution is -2.40. The molecule has 1 aromatic carbocycles. The first-order chi connectivity index (χ1) is 9.79. The van der Waals surface area contributed by atoms with Crippen molar-refractivity contribution in [1.82, 2.24) is 5.32 Å². The van der Waals surface area contributed by atoms with Gasteiger partial charge in [0.25, 0.3) is 0 Å². The third-order valence-corrected chi connectivity index (χ3v) is 3.35. The molecule has 1 rings (SSSR count). The summed E-state index contributed by atoms with van der Waals surface area (Å²) in [4.78, 5) is 22.8. The highest BCUT2D eigenvalue weighted by molar-refractivity contribution is 6.31. The van der Waals surface area contributed by atoms with Crippen molar-refractivity contribution >= 4 is 29.6 Å². The number of hydrogen-bond acceptors (Lipinski definition) is 2. The summed E-state index contributed by atoms with van der Waals surface area (Å²) in [5.74, 6) is -1.27. The minimum atomic E-state index is -1.02. The van der Waals surface area contributed by atoms with E-state index >= 15 is 0 Å². The molecule has 0 bridgehead atoms. The lowest BCUT2D eigenvalue weighted by atomic mass is 10.0. The molecule has 21 heavy (non-hydrogen) atoms. The summed E-state index contributed by atoms with van der Waals surface area (Å²) in [6.07, 6.45) is 3.32. The molecule has 0 saturated heterocycles. The van der Waals surface area contributed by atoms with E-state index < -0.39 is 17.9 Å². The van der Waals surface area contributed by atoms with Gasteiger partial charge in [-0.05, 0) is 42.5 Å². The van der Waals surface area contributed by atoms with Gasteiger partial charge >= 0.3 is 5.97 Å². The van der Waals surface area contributed by atoms with Crippen molar-refractivity contribution in [2.45, 2.75) is 33.2 Å². The van der Waals surface area contributed by atoms with Gasteiger partial charge in [0.2, 0.25) is 5.91 Å². The number of nitrogens with one attached hydrogen (secondary N) is 1. The molecule has 0 radical (unpaired) electrons. The number of carbonyl (C=O) groups excluding carboxylic acids is 1. The summed E-state index contributed by atoms with van der Waals surface area (Å²) in [7, 11) is 0. The number of rotatable bonds is 6. The van der Waals surface area contributed by atoms with Crippen molar-refractivity contribution < 1.29 is 14.7 Å². The van der Waals surface area contributed by atoms with Crippen molar-refractivity contribution in [2.24, 2.45) is 5.92 Å². The lowest BCUT2D eigenvalue weighted by Gasteiger charge is -2.15. The zero-order valence-electron chi connectivity index (χ0n) is 12.4. The highest BCUT2D eigenvalue weighted by atomic mass is 35.5. The van der Waals surface area contributed by atoms with Crippen LogP contribution in [0, 0.1) is 12.8 Å². The van der Waals surface area contributed by atoms with Crippen LogP contribution < -0.4 is 5.32 Å². The Bertz CT molecular complexity index is 552. The van der Waals surface area contributed by atoms with Gasteiger partial charge in [-0.3, -0.25) is 4.79 Å². The molecule has 1 amide bonds. The van der Waals surface area contributed by atoms with E-state index in [1.807, 2.05) is 32.9 Å². The molecular weight excluding hydrogens is 290 g/mol. The van der Waals surface area contributed by atoms with Gasteiger partial charge in [-0.25, -0.2) is 4.79 Å². The molecule has 114 valence electrons. The number of hydrogen-bond donors (Lipinski definition) is 2. The highest BCUT2D eigenvalue weighted by Gasteiger charge is 2.19. The Hall–Kier alpha value is -1.81. The topological polar surface area (TPSA) is 66.4 Å². The third kappa shape index (κ3) is 6.00. The van der Waals surface area contributed by atoms with Crippen LogP contribution in [-0.4, -0.2) is 23.0 Å². The average Bonchev–Trinajstić information content (AvgIpc) is 2.38. The van der Waals surface area contributed by atoms with Crippen LogP contribution in [0.2, 0.25) is 5.02 Å². The van der Waals surface area contributed by atoms with Crippen LogP contribution in [0.1, 0.15) is 31.4 Å². The lowest BCUT2D eigenvalue weighted by molar-refractivity contribution is -0.141. The molecule has 0 aliphatic carbocycles. The second-order valence-corrected chi connectivity index (χ2v) is 5.78. The molecule has 5 heteroatoms. The fourth-order valence-electron chi connectivity index (χ4n) is 1.80. The highest BCUT2D eigenvalue weighted by Crippen LogP contribution is 2.17. The van der Waals surface area contributed by atoms with Gasteiger partial charge in [0, 0.05) is 11.1 Å². The fourth-order valence-corrected chi connectivity index (χ4v) is 1.99. The van der Waals surface area contributed by atoms with E-state index in [2.05, 4.69) is 5.32 Å². The summed E-state index contributed by atoms with van der Waals surface area (Å²) in [5.41, 5.74) is 1.75. The molecule has 0 heterocycles. The number of carboxylic acid groups (broad SMARTS) is 1. The van der Waals surface area contributed by atoms with Gasteiger partial charge in [0.15, 0.2) is 0 Å². The Morgan fingerprint density at radius 3 is 2.57 bits per heavy atom. The van der Waals surface area contributed by atoms with Gasteiger partial charge in [0.1, 0.15) is 6.04 Å². The van der Waals surface area contributed by atoms with E-state index in [-0.39, 0.29) is 5.92 Å². The van der Waals surface area contributed by atoms with Gasteiger partial charge in [-0.2, -0.15) is 0 Å². The van der Waals surface area contributed by atoms with Crippen LogP contribution in [0.15, 0.2) is 24.3 Å². The van der Waals surface area contributed by atoms with Crippen molar-refractivity contribution in [3.8, 4) is 0 Å². The number of amides is 1. The Labute approximate surface area is 129 Å². The molecule has 0 aromatic heterocycles. The summed E-state index contributed by atoms with van der Waals surface area (Å²) >= 11 is 6.00. The van der Waals surface area contributed by atoms with Crippen LogP contribution in [0.4, 0.5) is 0 Å². The number of carbonyl (C=O) groups is 2. The van der Waals surface area contributed by atoms with Gasteiger partial charge < -0.3 is 10.4 Å². The quantitative estimate of drug-likeness (QED) is 0.793. The summed E-state index contributed by atoms with van der Waals surface area (Å²) < 4.78 is 0. The first-order valence-corrected chi connectivity index (χ1v) is 7.15. The molecule has 2 N–H and O–H groups in total. The first kappa shape index (κ1) is 17.2. The van der Waals surface area contributed by atoms with Gasteiger partial charge in [0.05, 0.1) is 0 Å². The number of aliphatic carboxylic acids is 1. The normalized spacial score (nSPS) is 12.6. The fraction of sp³-hybridized carbons (Fsp3) is 0.375. The van der Waals surface area contributed by atoms with E-state index in [9.17, 15) is 9.59 Å². The van der Waals surface area contributed by atoms with Crippen molar-refractivity contribution in [3.63, 3.8) is 0 Å². The molecule has 4 nitrogen and oxygen atoms in total. The van der Waals surface area contributed by atoms with Crippen molar-refractivity contribution in [1.29, 1.82) is 0 Å². The zero-order chi connectivity index (χ0) is 16.0. The largest absolute Gasteiger partial charge is 0.480 e. The maximum Gasteiger partial charge on any atom is 0.326 e. The van der Waals surface area contributed by atoms with Gasteiger partial charge in [-0.1, -0.05) is 37.6 Å². The van der Waals surface area contributed by atoms with E-state index in [0.29, 0.717) is 11.4 Å². The smallest absolute Gasteiger partial charge is 0.326 e. The van der Waals surface area contributed by atoms with Crippen LogP contribution in [0.3, 0.4) is 0 Å². The van der Waals surface area contributed by atoms with E-state index in [1.165, 1.54) is 6.08 Å². The predicted octanol–water partition coefficient (Wildman–Crippen LogP) is 3.28. The second kappa shape index (κ2) is 7.84. The first-order valence-electron chi connectivity index (χ1n) is 6.77. The second-order valence-electron chi connectivity index (χ2n) is 5.37. The summed E-state index contributed by atoms with van der Waals surface area (Å²) in [6, 6.07) is 4.58. The molecule has 0 aliphatic heterocycles. The number of benzene rings is 1. The SMILES string of the molecule is Cc1ccc(/C=C/C(=O)NC(CC(C)C)C(=O)O)cc1Cl. The summed E-state index contributed by atoms with van der Waals surface area (Å²) in [5, 5.41) is 12.2. The van der Waals surface area contributed by atoms with E-state index in [4.69, 9.17) is 16.7 Å². The Kier molecular flexibility index (Phi) is 6.43. The molecule has 1 aromatic rings. The predicted molar refractivity (Wildman–Crippen MR) is 84.2 cm³/mol. The van der Waals surface area contributed by atoms with Crippen LogP contribution in [0.25, 0.3) is 6.08 Å². The number of aryl methyl sites for hydroxylation is 1. The Balaban J connectivity index is 2.68. The van der Waals surface area contributed by atoms with E-state index in [1.54, 1.807) is 12.1 Å². The van der Waals surface area contributed by atoms with E-state index in [0.717, 1.165) is 11.1 Å². The number of carboxylic acids is 1. The van der Waals surface area contributed by atoms with Crippen LogP contribution >= 0.6 is 11.6 Å². The molecule has 0 aliphatic rings. The standard InChI is InChI=1S/C16H20ClNO3/c1-10(2)8-14(16(20)21)18-15(19)7-6-12-5-4-11(3)13(17)9-12/h4-7,9-10,14H,8H2,1-3H3,(H,18,19)(H,20,21)/b7-6+. The molecule has 1 unspecified atom stereocenters. The maximum atomic E-state index is 11.8. The molecule has 1 atom stereocenters.